The summed E-state index contributed by atoms with van der Waals surface area (Å²) in [6.45, 7) is 6.42. The van der Waals surface area contributed by atoms with E-state index >= 15 is 0 Å². The average molecular weight is 849 g/mol. The predicted molar refractivity (Wildman–Crippen MR) is 261 cm³/mol. The molecule has 0 aliphatic rings. The van der Waals surface area contributed by atoms with Crippen molar-refractivity contribution in [2.24, 2.45) is 0 Å². The highest BCUT2D eigenvalue weighted by molar-refractivity contribution is 5.71. The van der Waals surface area contributed by atoms with Crippen molar-refractivity contribution in [3.8, 4) is 0 Å². The van der Waals surface area contributed by atoms with Crippen molar-refractivity contribution in [3.63, 3.8) is 0 Å². The highest BCUT2D eigenvalue weighted by Crippen LogP contribution is 2.14. The third-order valence-electron chi connectivity index (χ3n) is 10.5. The van der Waals surface area contributed by atoms with Crippen LogP contribution in [0.1, 0.15) is 226 Å². The van der Waals surface area contributed by atoms with Gasteiger partial charge in [-0.2, -0.15) is 0 Å². The maximum atomic E-state index is 12.8. The second-order valence-corrected chi connectivity index (χ2v) is 16.5. The van der Waals surface area contributed by atoms with Crippen LogP contribution in [0.15, 0.2) is 85.1 Å². The maximum absolute atomic E-state index is 12.8. The van der Waals surface area contributed by atoms with E-state index in [-0.39, 0.29) is 31.1 Å². The van der Waals surface area contributed by atoms with Gasteiger partial charge >= 0.3 is 17.9 Å². The highest BCUT2D eigenvalue weighted by atomic mass is 16.6. The van der Waals surface area contributed by atoms with E-state index in [9.17, 15) is 14.4 Å². The number of ether oxygens (including phenoxy) is 3. The molecule has 61 heavy (non-hydrogen) atoms. The lowest BCUT2D eigenvalue weighted by Crippen LogP contribution is -2.30. The minimum absolute atomic E-state index is 0.0921. The van der Waals surface area contributed by atoms with E-state index < -0.39 is 6.10 Å². The Bertz CT molecular complexity index is 1200. The van der Waals surface area contributed by atoms with Gasteiger partial charge in [-0.25, -0.2) is 0 Å². The zero-order chi connectivity index (χ0) is 44.4. The number of allylic oxidation sites excluding steroid dienone is 14. The van der Waals surface area contributed by atoms with Gasteiger partial charge in [0, 0.05) is 19.3 Å². The van der Waals surface area contributed by atoms with Crippen molar-refractivity contribution in [3.05, 3.63) is 85.1 Å². The second kappa shape index (κ2) is 49.2. The number of carbonyl (C=O) groups is 3. The molecule has 1 atom stereocenters. The van der Waals surface area contributed by atoms with Crippen molar-refractivity contribution in [2.75, 3.05) is 13.2 Å². The fourth-order valence-electron chi connectivity index (χ4n) is 6.75. The quantitative estimate of drug-likeness (QED) is 0.0263. The van der Waals surface area contributed by atoms with Gasteiger partial charge in [-0.1, -0.05) is 228 Å². The number of unbranched alkanes of at least 4 members (excludes halogenated alkanes) is 24. The number of carbonyl (C=O) groups excluding carboxylic acids is 3. The van der Waals surface area contributed by atoms with Crippen LogP contribution < -0.4 is 0 Å². The minimum atomic E-state index is -0.795. The van der Waals surface area contributed by atoms with Crippen LogP contribution in [-0.2, 0) is 28.6 Å². The molecule has 0 N–H and O–H groups in total. The highest BCUT2D eigenvalue weighted by Gasteiger charge is 2.19. The molecule has 0 amide bonds. The van der Waals surface area contributed by atoms with E-state index in [1.54, 1.807) is 0 Å². The largest absolute Gasteiger partial charge is 0.462 e. The second-order valence-electron chi connectivity index (χ2n) is 16.5. The minimum Gasteiger partial charge on any atom is -0.462 e. The van der Waals surface area contributed by atoms with Gasteiger partial charge in [0.2, 0.25) is 0 Å². The first-order valence-electron chi connectivity index (χ1n) is 25.2. The van der Waals surface area contributed by atoms with Gasteiger partial charge in [0.25, 0.3) is 0 Å². The number of esters is 3. The Labute approximate surface area is 375 Å². The van der Waals surface area contributed by atoms with E-state index in [1.165, 1.54) is 77.0 Å². The summed E-state index contributed by atoms with van der Waals surface area (Å²) in [7, 11) is 0. The van der Waals surface area contributed by atoms with Crippen LogP contribution in [0.2, 0.25) is 0 Å². The van der Waals surface area contributed by atoms with Crippen molar-refractivity contribution < 1.29 is 28.6 Å². The Hall–Kier alpha value is -3.41. The van der Waals surface area contributed by atoms with E-state index in [1.807, 2.05) is 0 Å². The number of hydrogen-bond donors (Lipinski definition) is 0. The standard InChI is InChI=1S/C55H92O6/c1-4-7-10-13-16-19-22-25-26-27-28-29-31-33-36-39-42-45-48-54(57)60-51-52(50-59-53(56)47-44-41-38-35-32-24-21-18-15-12-9-6-3)61-55(58)49-46-43-40-37-34-30-23-20-17-14-11-8-5-2/h8,11,14,16-17,19-20,22-23,25-29,52H,4-7,9-10,12-13,15,18,21,24,30-51H2,1-3H3/b11-8-,17-14-,19-16-,23-20-,25-22-,27-26-,29-28-. The Morgan fingerprint density at radius 2 is 0.639 bits per heavy atom. The molecule has 1 unspecified atom stereocenters. The summed E-state index contributed by atoms with van der Waals surface area (Å²) in [6.07, 6.45) is 62.7. The lowest BCUT2D eigenvalue weighted by Gasteiger charge is -2.18. The molecule has 0 aliphatic carbocycles. The molecule has 0 radical (unpaired) electrons. The summed E-state index contributed by atoms with van der Waals surface area (Å²) < 4.78 is 16.7. The van der Waals surface area contributed by atoms with Crippen LogP contribution in [0.25, 0.3) is 0 Å². The Kier molecular flexibility index (Phi) is 46.5. The van der Waals surface area contributed by atoms with Gasteiger partial charge in [0.15, 0.2) is 6.10 Å². The molecule has 0 saturated heterocycles. The normalized spacial score (nSPS) is 12.8. The van der Waals surface area contributed by atoms with Crippen LogP contribution >= 0.6 is 0 Å². The summed E-state index contributed by atoms with van der Waals surface area (Å²) in [4.78, 5) is 37.9. The van der Waals surface area contributed by atoms with Gasteiger partial charge in [-0.15, -0.1) is 0 Å². The van der Waals surface area contributed by atoms with E-state index in [0.29, 0.717) is 19.3 Å². The Morgan fingerprint density at radius 3 is 1.03 bits per heavy atom. The SMILES string of the molecule is CC\C=C/C=C\C=C/CCCCCCCC(=O)OC(COC(=O)CCCCCCC\C=C/C=C\C=C/C=C\CCCCC)COC(=O)CCCCCCCCCCCCCC. The topological polar surface area (TPSA) is 78.9 Å². The zero-order valence-electron chi connectivity index (χ0n) is 39.7. The summed E-state index contributed by atoms with van der Waals surface area (Å²) in [5.41, 5.74) is 0. The summed E-state index contributed by atoms with van der Waals surface area (Å²) >= 11 is 0. The Balaban J connectivity index is 4.45. The monoisotopic (exact) mass is 849 g/mol. The molecule has 0 heterocycles. The molecule has 0 aromatic rings. The molecule has 0 aromatic heterocycles. The molecule has 0 spiro atoms. The van der Waals surface area contributed by atoms with E-state index in [0.717, 1.165) is 109 Å². The fraction of sp³-hybridized carbons (Fsp3) is 0.691. The lowest BCUT2D eigenvalue weighted by molar-refractivity contribution is -0.167. The lowest BCUT2D eigenvalue weighted by atomic mass is 10.0. The molecular weight excluding hydrogens is 757 g/mol. The molecule has 0 saturated carbocycles. The Morgan fingerprint density at radius 1 is 0.344 bits per heavy atom. The van der Waals surface area contributed by atoms with Crippen molar-refractivity contribution in [1.82, 2.24) is 0 Å². The molecule has 0 fully saturated rings. The molecule has 0 rings (SSSR count). The van der Waals surface area contributed by atoms with Crippen LogP contribution in [0, 0.1) is 0 Å². The molecule has 348 valence electrons. The van der Waals surface area contributed by atoms with Crippen molar-refractivity contribution in [2.45, 2.75) is 232 Å². The molecular formula is C55H92O6. The summed E-state index contributed by atoms with van der Waals surface area (Å²) in [5, 5.41) is 0. The maximum Gasteiger partial charge on any atom is 0.306 e. The first kappa shape index (κ1) is 57.6. The molecule has 6 nitrogen and oxygen atoms in total. The van der Waals surface area contributed by atoms with E-state index in [4.69, 9.17) is 14.2 Å². The van der Waals surface area contributed by atoms with Crippen LogP contribution in [0.5, 0.6) is 0 Å². The third kappa shape index (κ3) is 47.5. The molecule has 0 aliphatic heterocycles. The number of rotatable bonds is 44. The van der Waals surface area contributed by atoms with Crippen molar-refractivity contribution in [1.29, 1.82) is 0 Å². The zero-order valence-corrected chi connectivity index (χ0v) is 39.7. The van der Waals surface area contributed by atoms with Gasteiger partial charge in [-0.3, -0.25) is 14.4 Å². The van der Waals surface area contributed by atoms with E-state index in [2.05, 4.69) is 106 Å². The average Bonchev–Trinajstić information content (AvgIpc) is 3.26. The predicted octanol–water partition coefficient (Wildman–Crippen LogP) is 16.4. The number of hydrogen-bond acceptors (Lipinski definition) is 6. The summed E-state index contributed by atoms with van der Waals surface area (Å²) in [5.74, 6) is -0.938. The third-order valence-corrected chi connectivity index (χ3v) is 10.5. The van der Waals surface area contributed by atoms with Crippen LogP contribution in [-0.4, -0.2) is 37.2 Å². The van der Waals surface area contributed by atoms with Crippen molar-refractivity contribution >= 4 is 17.9 Å². The summed E-state index contributed by atoms with van der Waals surface area (Å²) in [6, 6.07) is 0. The van der Waals surface area contributed by atoms with Gasteiger partial charge in [0.05, 0.1) is 0 Å². The van der Waals surface area contributed by atoms with Gasteiger partial charge in [0.1, 0.15) is 13.2 Å². The van der Waals surface area contributed by atoms with Crippen LogP contribution in [0.3, 0.4) is 0 Å². The van der Waals surface area contributed by atoms with Gasteiger partial charge < -0.3 is 14.2 Å². The first-order valence-corrected chi connectivity index (χ1v) is 25.2. The fourth-order valence-corrected chi connectivity index (χ4v) is 6.75. The first-order chi connectivity index (χ1) is 30.0. The molecule has 0 aromatic carbocycles. The van der Waals surface area contributed by atoms with Gasteiger partial charge in [-0.05, 0) is 64.2 Å². The molecule has 6 heteroatoms. The smallest absolute Gasteiger partial charge is 0.306 e. The molecule has 0 bridgehead atoms. The van der Waals surface area contributed by atoms with Crippen LogP contribution in [0.4, 0.5) is 0 Å².